The Labute approximate surface area is 129 Å². The molecule has 1 aromatic heterocycles. The Kier molecular flexibility index (Phi) is 5.38. The second-order valence-electron chi connectivity index (χ2n) is 5.16. The van der Waals surface area contributed by atoms with Gasteiger partial charge in [0.2, 0.25) is 0 Å². The lowest BCUT2D eigenvalue weighted by Gasteiger charge is -2.17. The number of hydrogen-bond acceptors (Lipinski definition) is 2. The molecule has 0 bridgehead atoms. The number of likely N-dealkylation sites (N-methyl/N-ethyl adjacent to an activating group) is 1. The van der Waals surface area contributed by atoms with Crippen LogP contribution in [0.25, 0.3) is 0 Å². The van der Waals surface area contributed by atoms with Crippen LogP contribution in [-0.2, 0) is 26.4 Å². The van der Waals surface area contributed by atoms with Crippen LogP contribution >= 0.6 is 15.9 Å². The zero-order valence-corrected chi connectivity index (χ0v) is 14.0. The zero-order valence-electron chi connectivity index (χ0n) is 12.4. The molecule has 0 aliphatic carbocycles. The van der Waals surface area contributed by atoms with Crippen molar-refractivity contribution in [1.29, 1.82) is 0 Å². The van der Waals surface area contributed by atoms with Gasteiger partial charge in [0, 0.05) is 20.1 Å². The van der Waals surface area contributed by atoms with Crippen LogP contribution in [0.3, 0.4) is 0 Å². The van der Waals surface area contributed by atoms with Gasteiger partial charge in [-0.2, -0.15) is 5.10 Å². The fraction of sp³-hybridized carbons (Fsp3) is 0.438. The molecule has 0 spiro atoms. The van der Waals surface area contributed by atoms with Crippen LogP contribution in [0, 0.1) is 0 Å². The summed E-state index contributed by atoms with van der Waals surface area (Å²) in [6.45, 7) is 4.09. The highest BCUT2D eigenvalue weighted by Crippen LogP contribution is 2.22. The highest BCUT2D eigenvalue weighted by Gasteiger charge is 2.13. The van der Waals surface area contributed by atoms with E-state index in [9.17, 15) is 0 Å². The van der Waals surface area contributed by atoms with Crippen molar-refractivity contribution in [3.05, 3.63) is 51.8 Å². The molecule has 1 heterocycles. The van der Waals surface area contributed by atoms with E-state index in [4.69, 9.17) is 0 Å². The number of nitrogens with zero attached hydrogens (tertiary/aromatic N) is 3. The third kappa shape index (κ3) is 3.70. The van der Waals surface area contributed by atoms with Crippen molar-refractivity contribution in [3.63, 3.8) is 0 Å². The van der Waals surface area contributed by atoms with Crippen molar-refractivity contribution < 1.29 is 0 Å². The Balaban J connectivity index is 1.95. The minimum Gasteiger partial charge on any atom is -0.300 e. The maximum atomic E-state index is 4.54. The molecule has 0 fully saturated rings. The summed E-state index contributed by atoms with van der Waals surface area (Å²) in [5, 5.41) is 4.54. The van der Waals surface area contributed by atoms with E-state index < -0.39 is 0 Å². The normalized spacial score (nSPS) is 11.2. The van der Waals surface area contributed by atoms with Gasteiger partial charge in [0.05, 0.1) is 15.9 Å². The molecule has 0 saturated heterocycles. The van der Waals surface area contributed by atoms with Crippen molar-refractivity contribution in [2.75, 3.05) is 13.6 Å². The molecule has 0 radical (unpaired) electrons. The lowest BCUT2D eigenvalue weighted by Crippen LogP contribution is -2.22. The average molecular weight is 336 g/mol. The van der Waals surface area contributed by atoms with Gasteiger partial charge in [-0.25, -0.2) is 0 Å². The molecular weight excluding hydrogens is 314 g/mol. The molecule has 2 rings (SSSR count). The predicted molar refractivity (Wildman–Crippen MR) is 86.8 cm³/mol. The second-order valence-corrected chi connectivity index (χ2v) is 5.95. The van der Waals surface area contributed by atoms with E-state index in [2.05, 4.69) is 70.2 Å². The van der Waals surface area contributed by atoms with E-state index in [-0.39, 0.29) is 0 Å². The minimum atomic E-state index is 0.914. The first-order chi connectivity index (χ1) is 9.61. The number of hydrogen-bond donors (Lipinski definition) is 0. The highest BCUT2D eigenvalue weighted by atomic mass is 79.9. The summed E-state index contributed by atoms with van der Waals surface area (Å²) in [5.41, 5.74) is 3.77. The van der Waals surface area contributed by atoms with E-state index in [0.29, 0.717) is 0 Å². The van der Waals surface area contributed by atoms with Gasteiger partial charge < -0.3 is 4.90 Å². The Morgan fingerprint density at radius 2 is 1.95 bits per heavy atom. The molecular formula is C16H22BrN3. The first-order valence-corrected chi connectivity index (χ1v) is 7.83. The number of aromatic nitrogens is 2. The quantitative estimate of drug-likeness (QED) is 0.806. The van der Waals surface area contributed by atoms with Crippen LogP contribution in [-0.4, -0.2) is 28.3 Å². The third-order valence-corrected chi connectivity index (χ3v) is 4.46. The fourth-order valence-electron chi connectivity index (χ4n) is 2.29. The summed E-state index contributed by atoms with van der Waals surface area (Å²) in [4.78, 5) is 2.34. The minimum absolute atomic E-state index is 0.914. The van der Waals surface area contributed by atoms with Gasteiger partial charge in [-0.3, -0.25) is 4.68 Å². The third-order valence-electron chi connectivity index (χ3n) is 3.55. The van der Waals surface area contributed by atoms with E-state index in [1.54, 1.807) is 0 Å². The number of aryl methyl sites for hydroxylation is 2. The molecule has 4 heteroatoms. The van der Waals surface area contributed by atoms with Gasteiger partial charge in [0.1, 0.15) is 0 Å². The molecule has 0 N–H and O–H groups in total. The summed E-state index contributed by atoms with van der Waals surface area (Å²) in [6, 6.07) is 10.6. The van der Waals surface area contributed by atoms with Gasteiger partial charge in [0.15, 0.2) is 0 Å². The molecule has 0 atom stereocenters. The summed E-state index contributed by atoms with van der Waals surface area (Å²) in [5.74, 6) is 0. The molecule has 0 aliphatic heterocycles. The van der Waals surface area contributed by atoms with Gasteiger partial charge in [-0.15, -0.1) is 0 Å². The van der Waals surface area contributed by atoms with E-state index in [1.165, 1.54) is 11.3 Å². The second kappa shape index (κ2) is 7.04. The highest BCUT2D eigenvalue weighted by molar-refractivity contribution is 9.10. The van der Waals surface area contributed by atoms with E-state index in [1.807, 2.05) is 11.7 Å². The summed E-state index contributed by atoms with van der Waals surface area (Å²) in [6.07, 6.45) is 2.04. The Morgan fingerprint density at radius 1 is 1.25 bits per heavy atom. The molecule has 2 aromatic rings. The average Bonchev–Trinajstić information content (AvgIpc) is 2.73. The molecule has 108 valence electrons. The lowest BCUT2D eigenvalue weighted by molar-refractivity contribution is 0.320. The lowest BCUT2D eigenvalue weighted by atomic mass is 10.1. The Morgan fingerprint density at radius 3 is 2.55 bits per heavy atom. The van der Waals surface area contributed by atoms with Gasteiger partial charge in [0.25, 0.3) is 0 Å². The molecule has 1 aromatic carbocycles. The number of rotatable bonds is 6. The van der Waals surface area contributed by atoms with Crippen LogP contribution in [0.1, 0.15) is 23.9 Å². The van der Waals surface area contributed by atoms with Crippen molar-refractivity contribution in [1.82, 2.24) is 14.7 Å². The van der Waals surface area contributed by atoms with Crippen molar-refractivity contribution in [2.24, 2.45) is 7.05 Å². The van der Waals surface area contributed by atoms with Crippen LogP contribution in [0.4, 0.5) is 0 Å². The van der Waals surface area contributed by atoms with Crippen LogP contribution in [0.15, 0.2) is 34.8 Å². The number of halogens is 1. The van der Waals surface area contributed by atoms with Gasteiger partial charge in [-0.1, -0.05) is 37.3 Å². The van der Waals surface area contributed by atoms with Crippen molar-refractivity contribution in [3.8, 4) is 0 Å². The topological polar surface area (TPSA) is 21.1 Å². The monoisotopic (exact) mass is 335 g/mol. The number of benzene rings is 1. The SMILES string of the molecule is CCc1nn(C)c(CN(C)CCc2ccccc2)c1Br. The predicted octanol–water partition coefficient (Wildman–Crippen LogP) is 3.42. The fourth-order valence-corrected chi connectivity index (χ4v) is 3.03. The first-order valence-electron chi connectivity index (χ1n) is 7.04. The van der Waals surface area contributed by atoms with Crippen LogP contribution in [0.2, 0.25) is 0 Å². The van der Waals surface area contributed by atoms with E-state index >= 15 is 0 Å². The summed E-state index contributed by atoms with van der Waals surface area (Å²) < 4.78 is 3.15. The molecule has 20 heavy (non-hydrogen) atoms. The molecule has 3 nitrogen and oxygen atoms in total. The smallest absolute Gasteiger partial charge is 0.0767 e. The maximum Gasteiger partial charge on any atom is 0.0767 e. The summed E-state index contributed by atoms with van der Waals surface area (Å²) in [7, 11) is 4.18. The Hall–Kier alpha value is -1.13. The summed E-state index contributed by atoms with van der Waals surface area (Å²) >= 11 is 3.68. The largest absolute Gasteiger partial charge is 0.300 e. The molecule has 0 aliphatic rings. The maximum absolute atomic E-state index is 4.54. The Bertz CT molecular complexity index is 548. The molecule has 0 saturated carbocycles. The van der Waals surface area contributed by atoms with Crippen molar-refractivity contribution >= 4 is 15.9 Å². The van der Waals surface area contributed by atoms with Crippen LogP contribution < -0.4 is 0 Å². The van der Waals surface area contributed by atoms with Gasteiger partial charge >= 0.3 is 0 Å². The zero-order chi connectivity index (χ0) is 14.5. The van der Waals surface area contributed by atoms with Gasteiger partial charge in [-0.05, 0) is 41.4 Å². The van der Waals surface area contributed by atoms with Crippen LogP contribution in [0.5, 0.6) is 0 Å². The first kappa shape index (κ1) is 15.3. The standard InChI is InChI=1S/C16H22BrN3/c1-4-14-16(17)15(20(3)18-14)12-19(2)11-10-13-8-6-5-7-9-13/h5-9H,4,10-12H2,1-3H3. The molecule has 0 unspecified atom stereocenters. The molecule has 0 amide bonds. The van der Waals surface area contributed by atoms with Crippen molar-refractivity contribution in [2.45, 2.75) is 26.3 Å². The van der Waals surface area contributed by atoms with E-state index in [0.717, 1.165) is 36.1 Å².